The van der Waals surface area contributed by atoms with E-state index in [-0.39, 0.29) is 28.3 Å². The molecule has 10 heteroatoms. The molecule has 0 saturated carbocycles. The number of nitrogens with zero attached hydrogens (tertiary/aromatic N) is 1. The minimum absolute atomic E-state index is 0.0152. The van der Waals surface area contributed by atoms with Crippen molar-refractivity contribution in [3.63, 3.8) is 0 Å². The first-order valence-corrected chi connectivity index (χ1v) is 12.6. The maximum absolute atomic E-state index is 15.6. The average molecular weight is 498 g/mol. The SMILES string of the molecule is CCCS(=O)(=O)Nc1c(C)c(C)c(F)c(C(=O)c2c(C)[nH]c3nc(C)c(CCl)c(C)c23)c1F. The highest BCUT2D eigenvalue weighted by Gasteiger charge is 2.31. The number of aryl methyl sites for hydroxylation is 3. The van der Waals surface area contributed by atoms with Crippen LogP contribution >= 0.6 is 11.6 Å². The van der Waals surface area contributed by atoms with Crippen molar-refractivity contribution < 1.29 is 22.0 Å². The van der Waals surface area contributed by atoms with Gasteiger partial charge in [0.25, 0.3) is 0 Å². The molecule has 1 aromatic carbocycles. The number of fused-ring (bicyclic) bond motifs is 1. The van der Waals surface area contributed by atoms with Crippen molar-refractivity contribution in [1.29, 1.82) is 0 Å². The Hall–Kier alpha value is -2.52. The number of sulfonamides is 1. The number of aromatic amines is 1. The lowest BCUT2D eigenvalue weighted by molar-refractivity contribution is 0.103. The van der Waals surface area contributed by atoms with Gasteiger partial charge in [0.05, 0.1) is 22.6 Å². The molecule has 0 aliphatic heterocycles. The molecule has 0 amide bonds. The Balaban J connectivity index is 2.32. The van der Waals surface area contributed by atoms with Gasteiger partial charge in [-0.25, -0.2) is 22.2 Å². The third kappa shape index (κ3) is 4.24. The van der Waals surface area contributed by atoms with Crippen molar-refractivity contribution in [1.82, 2.24) is 9.97 Å². The second-order valence-corrected chi connectivity index (χ2v) is 10.3. The number of H-pyrrole nitrogens is 1. The van der Waals surface area contributed by atoms with Crippen molar-refractivity contribution in [2.45, 2.75) is 53.8 Å². The van der Waals surface area contributed by atoms with E-state index < -0.39 is 38.7 Å². The molecule has 3 rings (SSSR count). The standard InChI is InChI=1S/C23H26ClF2N3O3S/c1-7-8-33(31,32)29-21-11(3)10(2)19(25)18(20(21)26)22(30)17-14(6)28-23-16(17)12(4)15(9-24)13(5)27-23/h29H,7-9H2,1-6H3,(H,27,28). The highest BCUT2D eigenvalue weighted by atomic mass is 35.5. The Bertz CT molecular complexity index is 1400. The van der Waals surface area contributed by atoms with Crippen LogP contribution in [0.3, 0.4) is 0 Å². The van der Waals surface area contributed by atoms with Crippen molar-refractivity contribution in [2.75, 3.05) is 10.5 Å². The Labute approximate surface area is 196 Å². The van der Waals surface area contributed by atoms with Crippen LogP contribution < -0.4 is 4.72 Å². The topological polar surface area (TPSA) is 91.9 Å². The third-order valence-electron chi connectivity index (χ3n) is 5.95. The summed E-state index contributed by atoms with van der Waals surface area (Å²) in [6.45, 7) is 9.63. The van der Waals surface area contributed by atoms with Gasteiger partial charge in [0.15, 0.2) is 5.82 Å². The predicted octanol–water partition coefficient (Wildman–Crippen LogP) is 5.50. The van der Waals surface area contributed by atoms with Crippen LogP contribution in [-0.2, 0) is 15.9 Å². The van der Waals surface area contributed by atoms with Crippen molar-refractivity contribution in [3.05, 3.63) is 56.4 Å². The van der Waals surface area contributed by atoms with E-state index in [1.807, 2.05) is 0 Å². The third-order valence-corrected chi connectivity index (χ3v) is 7.68. The first-order chi connectivity index (χ1) is 15.4. The Kier molecular flexibility index (Phi) is 6.87. The highest BCUT2D eigenvalue weighted by molar-refractivity contribution is 7.92. The lowest BCUT2D eigenvalue weighted by atomic mass is 9.93. The number of rotatable bonds is 7. The molecule has 0 spiro atoms. The molecule has 6 nitrogen and oxygen atoms in total. The smallest absolute Gasteiger partial charge is 0.232 e. The van der Waals surface area contributed by atoms with Crippen molar-refractivity contribution >= 4 is 44.1 Å². The molecule has 0 unspecified atom stereocenters. The fourth-order valence-electron chi connectivity index (χ4n) is 4.04. The Morgan fingerprint density at radius 3 is 2.24 bits per heavy atom. The summed E-state index contributed by atoms with van der Waals surface area (Å²) < 4.78 is 57.7. The lowest BCUT2D eigenvalue weighted by Crippen LogP contribution is -2.21. The van der Waals surface area contributed by atoms with Crippen LogP contribution in [0.15, 0.2) is 0 Å². The fraction of sp³-hybridized carbons (Fsp3) is 0.391. The van der Waals surface area contributed by atoms with Crippen LogP contribution in [0.2, 0.25) is 0 Å². The highest BCUT2D eigenvalue weighted by Crippen LogP contribution is 2.35. The van der Waals surface area contributed by atoms with E-state index in [0.29, 0.717) is 34.4 Å². The Morgan fingerprint density at radius 1 is 1.03 bits per heavy atom. The molecular weight excluding hydrogens is 472 g/mol. The zero-order valence-corrected chi connectivity index (χ0v) is 20.9. The van der Waals surface area contributed by atoms with Gasteiger partial charge in [0.2, 0.25) is 15.8 Å². The predicted molar refractivity (Wildman–Crippen MR) is 127 cm³/mol. The van der Waals surface area contributed by atoms with E-state index in [4.69, 9.17) is 11.6 Å². The van der Waals surface area contributed by atoms with Gasteiger partial charge in [0, 0.05) is 22.7 Å². The molecule has 0 fully saturated rings. The van der Waals surface area contributed by atoms with Gasteiger partial charge < -0.3 is 4.98 Å². The largest absolute Gasteiger partial charge is 0.343 e. The first-order valence-electron chi connectivity index (χ1n) is 10.4. The van der Waals surface area contributed by atoms with Gasteiger partial charge in [-0.05, 0) is 63.3 Å². The molecule has 0 radical (unpaired) electrons. The van der Waals surface area contributed by atoms with Crippen LogP contribution in [0.5, 0.6) is 0 Å². The molecule has 0 aliphatic rings. The summed E-state index contributed by atoms with van der Waals surface area (Å²) in [4.78, 5) is 21.1. The van der Waals surface area contributed by atoms with Crippen LogP contribution in [0, 0.1) is 46.3 Å². The summed E-state index contributed by atoms with van der Waals surface area (Å²) in [5, 5.41) is 0.434. The van der Waals surface area contributed by atoms with Gasteiger partial charge in [-0.15, -0.1) is 11.6 Å². The van der Waals surface area contributed by atoms with E-state index in [1.54, 1.807) is 27.7 Å². The molecule has 3 aromatic rings. The van der Waals surface area contributed by atoms with Crippen LogP contribution in [0.25, 0.3) is 11.0 Å². The number of alkyl halides is 1. The maximum atomic E-state index is 15.6. The number of carbonyl (C=O) groups is 1. The monoisotopic (exact) mass is 497 g/mol. The number of pyridine rings is 1. The van der Waals surface area contributed by atoms with Gasteiger partial charge in [0.1, 0.15) is 11.5 Å². The van der Waals surface area contributed by atoms with Crippen LogP contribution in [0.1, 0.15) is 62.9 Å². The molecule has 0 aliphatic carbocycles. The van der Waals surface area contributed by atoms with Gasteiger partial charge >= 0.3 is 0 Å². The van der Waals surface area contributed by atoms with E-state index in [2.05, 4.69) is 14.7 Å². The number of aromatic nitrogens is 2. The molecule has 0 saturated heterocycles. The minimum Gasteiger partial charge on any atom is -0.343 e. The number of ketones is 1. The summed E-state index contributed by atoms with van der Waals surface area (Å²) in [6, 6.07) is 0. The summed E-state index contributed by atoms with van der Waals surface area (Å²) >= 11 is 6.07. The van der Waals surface area contributed by atoms with E-state index in [1.165, 1.54) is 13.8 Å². The molecular formula is C23H26ClF2N3O3S. The number of carbonyl (C=O) groups excluding carboxylic acids is 1. The number of nitrogens with one attached hydrogen (secondary N) is 2. The number of halogens is 3. The van der Waals surface area contributed by atoms with Crippen molar-refractivity contribution in [2.24, 2.45) is 0 Å². The number of anilines is 1. The van der Waals surface area contributed by atoms with E-state index in [9.17, 15) is 13.2 Å². The second kappa shape index (κ2) is 9.02. The number of benzene rings is 1. The maximum Gasteiger partial charge on any atom is 0.232 e. The summed E-state index contributed by atoms with van der Waals surface area (Å²) in [5.74, 6) is -3.25. The molecule has 2 N–H and O–H groups in total. The van der Waals surface area contributed by atoms with Crippen LogP contribution in [-0.4, -0.2) is 29.9 Å². The zero-order chi connectivity index (χ0) is 24.8. The zero-order valence-electron chi connectivity index (χ0n) is 19.3. The second-order valence-electron chi connectivity index (χ2n) is 8.16. The summed E-state index contributed by atoms with van der Waals surface area (Å²) in [6.07, 6.45) is 0.311. The average Bonchev–Trinajstić information content (AvgIpc) is 3.05. The lowest BCUT2D eigenvalue weighted by Gasteiger charge is -2.17. The normalized spacial score (nSPS) is 11.9. The van der Waals surface area contributed by atoms with Crippen LogP contribution in [0.4, 0.5) is 14.5 Å². The molecule has 0 bridgehead atoms. The van der Waals surface area contributed by atoms with Gasteiger partial charge in [-0.1, -0.05) is 6.92 Å². The first kappa shape index (κ1) is 25.1. The summed E-state index contributed by atoms with van der Waals surface area (Å²) in [5.41, 5.74) is 1.80. The molecule has 2 heterocycles. The van der Waals surface area contributed by atoms with Gasteiger partial charge in [-0.3, -0.25) is 9.52 Å². The van der Waals surface area contributed by atoms with Gasteiger partial charge in [-0.2, -0.15) is 0 Å². The van der Waals surface area contributed by atoms with E-state index >= 15 is 8.78 Å². The summed E-state index contributed by atoms with van der Waals surface area (Å²) in [7, 11) is -3.87. The fourth-order valence-corrected chi connectivity index (χ4v) is 5.63. The molecule has 33 heavy (non-hydrogen) atoms. The van der Waals surface area contributed by atoms with Crippen molar-refractivity contribution in [3.8, 4) is 0 Å². The Morgan fingerprint density at radius 2 is 1.67 bits per heavy atom. The number of hydrogen-bond donors (Lipinski definition) is 2. The molecule has 178 valence electrons. The number of hydrogen-bond acceptors (Lipinski definition) is 4. The van der Waals surface area contributed by atoms with E-state index in [0.717, 1.165) is 5.56 Å². The quantitative estimate of drug-likeness (QED) is 0.333. The molecule has 2 aromatic heterocycles. The molecule has 0 atom stereocenters. The minimum atomic E-state index is -3.87.